The number of aliphatic carboxylic acids is 2. The minimum Gasteiger partial charge on any atom is -0.496 e. The lowest BCUT2D eigenvalue weighted by Crippen LogP contribution is -2.44. The zero-order valence-electron chi connectivity index (χ0n) is 58.5. The number of aromatic amines is 2. The van der Waals surface area contributed by atoms with Gasteiger partial charge in [-0.05, 0) is 167 Å². The number of H-pyrrole nitrogens is 2. The van der Waals surface area contributed by atoms with E-state index >= 15 is 0 Å². The molecule has 0 aliphatic rings. The monoisotopic (exact) mass is 1440 g/mol. The fourth-order valence-corrected chi connectivity index (χ4v) is 11.8. The number of ether oxygens (including phenoxy) is 4. The molecule has 0 aliphatic carbocycles. The molecule has 0 bridgehead atoms. The molecule has 30 heteroatoms. The normalized spacial score (nSPS) is 12.5. The minimum absolute atomic E-state index is 0.00536. The number of anilines is 4. The van der Waals surface area contributed by atoms with Gasteiger partial charge in [-0.3, -0.25) is 38.4 Å². The fourth-order valence-electron chi connectivity index (χ4n) is 11.8. The zero-order valence-corrected chi connectivity index (χ0v) is 58.5. The molecule has 5 atom stereocenters. The SMILES string of the molecule is COc1ccc(NC(=O)[C@H](CCCCCN)NC(=O)c2cc(NC(=O)[C@H](CCCCCN)NC(=O)c3cc(NC(=O)[C@H](CCCCN)NC(=O)c4cc(NC(=O)[C@@H](N)Cc5c[nH]c6ccccc56)ccc4OC)ccc3OC)ccc2OCC(=O)O)cc1C(=O)N[C@@H](Cc1c[nH]c2ccccc12)C(=O)O. The molecule has 20 N–H and O–H groups in total. The molecule has 105 heavy (non-hydrogen) atoms. The molecule has 0 saturated carbocycles. The van der Waals surface area contributed by atoms with Gasteiger partial charge in [-0.2, -0.15) is 0 Å². The largest absolute Gasteiger partial charge is 0.496 e. The molecule has 0 unspecified atom stereocenters. The van der Waals surface area contributed by atoms with E-state index in [0.717, 1.165) is 27.4 Å². The molecule has 0 spiro atoms. The summed E-state index contributed by atoms with van der Waals surface area (Å²) in [6, 6.07) is 25.5. The van der Waals surface area contributed by atoms with Crippen LogP contribution in [0.3, 0.4) is 0 Å². The van der Waals surface area contributed by atoms with Crippen LogP contribution in [0, 0.1) is 0 Å². The van der Waals surface area contributed by atoms with Crippen molar-refractivity contribution in [1.82, 2.24) is 31.2 Å². The van der Waals surface area contributed by atoms with Gasteiger partial charge in [-0.1, -0.05) is 62.1 Å². The average molecular weight is 1440 g/mol. The molecule has 0 fully saturated rings. The van der Waals surface area contributed by atoms with E-state index in [1.54, 1.807) is 18.5 Å². The van der Waals surface area contributed by atoms with Crippen molar-refractivity contribution in [3.05, 3.63) is 167 Å². The summed E-state index contributed by atoms with van der Waals surface area (Å²) in [4.78, 5) is 145. The third kappa shape index (κ3) is 22.1. The maximum absolute atomic E-state index is 14.6. The third-order valence-electron chi connectivity index (χ3n) is 17.3. The number of unbranched alkanes of at least 4 members (excludes halogenated alkanes) is 5. The van der Waals surface area contributed by atoms with Crippen molar-refractivity contribution in [2.75, 3.05) is 68.8 Å². The van der Waals surface area contributed by atoms with Crippen molar-refractivity contribution in [3.8, 4) is 23.0 Å². The second-order valence-corrected chi connectivity index (χ2v) is 24.8. The maximum atomic E-state index is 14.6. The van der Waals surface area contributed by atoms with Gasteiger partial charge >= 0.3 is 11.9 Å². The molecule has 556 valence electrons. The highest BCUT2D eigenvalue weighted by atomic mass is 16.5. The number of methoxy groups -OCH3 is 3. The molecule has 0 saturated heterocycles. The lowest BCUT2D eigenvalue weighted by atomic mass is 10.0. The van der Waals surface area contributed by atoms with Gasteiger partial charge in [0.25, 0.3) is 23.6 Å². The van der Waals surface area contributed by atoms with Gasteiger partial charge in [0.15, 0.2) is 6.61 Å². The summed E-state index contributed by atoms with van der Waals surface area (Å²) in [6.07, 6.45) is 7.90. The van der Waals surface area contributed by atoms with Crippen molar-refractivity contribution in [2.24, 2.45) is 22.9 Å². The van der Waals surface area contributed by atoms with E-state index in [4.69, 9.17) is 41.9 Å². The fraction of sp³-hybridized carbons (Fsp3) is 0.333. The Morgan fingerprint density at radius 1 is 0.410 bits per heavy atom. The zero-order chi connectivity index (χ0) is 75.5. The van der Waals surface area contributed by atoms with E-state index in [1.807, 2.05) is 48.5 Å². The molecule has 0 radical (unpaired) electrons. The molecule has 30 nitrogen and oxygen atoms in total. The Hall–Kier alpha value is -11.9. The van der Waals surface area contributed by atoms with Crippen LogP contribution in [0.4, 0.5) is 22.7 Å². The lowest BCUT2D eigenvalue weighted by Gasteiger charge is -2.22. The first kappa shape index (κ1) is 78.9. The van der Waals surface area contributed by atoms with Gasteiger partial charge in [0.05, 0.1) is 49.6 Å². The Balaban J connectivity index is 0.973. The summed E-state index contributed by atoms with van der Waals surface area (Å²) >= 11 is 0. The molecule has 8 rings (SSSR count). The molecule has 2 aromatic heterocycles. The predicted octanol–water partition coefficient (Wildman–Crippen LogP) is 6.45. The van der Waals surface area contributed by atoms with Crippen molar-refractivity contribution >= 4 is 104 Å². The summed E-state index contributed by atoms with van der Waals surface area (Å²) in [7, 11) is 4.00. The third-order valence-corrected chi connectivity index (χ3v) is 17.3. The summed E-state index contributed by atoms with van der Waals surface area (Å²) in [5.41, 5.74) is 26.8. The van der Waals surface area contributed by atoms with Gasteiger partial charge in [-0.15, -0.1) is 0 Å². The number of para-hydroxylation sites is 2. The van der Waals surface area contributed by atoms with E-state index in [1.165, 1.54) is 88.1 Å². The number of carbonyl (C=O) groups is 10. The predicted molar refractivity (Wildman–Crippen MR) is 396 cm³/mol. The van der Waals surface area contributed by atoms with Crippen LogP contribution < -0.4 is 84.4 Å². The van der Waals surface area contributed by atoms with Gasteiger partial charge in [0.2, 0.25) is 23.6 Å². The Morgan fingerprint density at radius 2 is 0.743 bits per heavy atom. The molecule has 8 amide bonds. The van der Waals surface area contributed by atoms with Crippen LogP contribution in [-0.4, -0.2) is 157 Å². The number of fused-ring (bicyclic) bond motifs is 2. The Morgan fingerprint density at radius 3 is 1.11 bits per heavy atom. The maximum Gasteiger partial charge on any atom is 0.341 e. The number of rotatable bonds is 41. The van der Waals surface area contributed by atoms with Crippen LogP contribution in [0.25, 0.3) is 21.8 Å². The van der Waals surface area contributed by atoms with Crippen LogP contribution in [-0.2, 0) is 41.6 Å². The first-order valence-corrected chi connectivity index (χ1v) is 34.3. The van der Waals surface area contributed by atoms with Crippen molar-refractivity contribution < 1.29 is 77.1 Å². The number of carbonyl (C=O) groups excluding carboxylic acids is 8. The number of carboxylic acids is 2. The molecular formula is C75H90N14O16. The summed E-state index contributed by atoms with van der Waals surface area (Å²) in [5, 5.41) is 43.5. The Kier molecular flexibility index (Phi) is 29.3. The van der Waals surface area contributed by atoms with E-state index < -0.39 is 96.0 Å². The smallest absolute Gasteiger partial charge is 0.341 e. The van der Waals surface area contributed by atoms with Gasteiger partial charge in [0, 0.05) is 63.4 Å². The van der Waals surface area contributed by atoms with Crippen molar-refractivity contribution in [2.45, 2.75) is 114 Å². The number of hydrogen-bond acceptors (Lipinski definition) is 18. The highest BCUT2D eigenvalue weighted by Crippen LogP contribution is 2.30. The summed E-state index contributed by atoms with van der Waals surface area (Å²) in [5.74, 6) is -8.64. The van der Waals surface area contributed by atoms with Crippen molar-refractivity contribution in [1.29, 1.82) is 0 Å². The number of nitrogens with one attached hydrogen (secondary N) is 10. The van der Waals surface area contributed by atoms with Crippen molar-refractivity contribution in [3.63, 3.8) is 0 Å². The number of hydrogen-bond donors (Lipinski definition) is 16. The number of aromatic nitrogens is 2. The van der Waals surface area contributed by atoms with E-state index in [-0.39, 0.29) is 100 Å². The van der Waals surface area contributed by atoms with Gasteiger partial charge in [-0.25, -0.2) is 9.59 Å². The average Bonchev–Trinajstić information content (AvgIpc) is 1.72. The Labute approximate surface area is 605 Å². The molecular weight excluding hydrogens is 1350 g/mol. The quantitative estimate of drug-likeness (QED) is 0.0183. The van der Waals surface area contributed by atoms with Crippen LogP contribution in [0.15, 0.2) is 134 Å². The van der Waals surface area contributed by atoms with Gasteiger partial charge < -0.3 is 105 Å². The Bertz CT molecular complexity index is 4400. The number of nitrogens with two attached hydrogens (primary N) is 4. The van der Waals surface area contributed by atoms with E-state index in [9.17, 15) is 58.2 Å². The number of amides is 8. The lowest BCUT2D eigenvalue weighted by molar-refractivity contribution is -0.140. The van der Waals surface area contributed by atoms with Crippen LogP contribution in [0.1, 0.15) is 123 Å². The van der Waals surface area contributed by atoms with E-state index in [0.29, 0.717) is 76.6 Å². The standard InChI is InChI=1S/C75H90N14O16/c1-102-62-27-23-45(82-71(96)55(79)34-43-40-80-56-18-10-8-16-49(43)56)36-51(62)67(92)87-60(22-12-15-33-78)74(99)84-46-24-28-63(103-2)52(37-46)68(93)86-58(20-6-4-13-31-76)72(97)85-48-26-30-65(105-42-66(90)91)54(39-48)70(95)88-59(21-7-5-14-32-77)73(98)83-47-25-29-64(104-3)53(38-47)69(94)89-61(75(100)101)35-44-41-81-57-19-11-9-17-50(44)57/h8-11,16-19,23-30,36-41,55,58-61,80-81H,4-7,12-15,20-22,31-35,42,76-79H2,1-3H3,(H,82,96)(H,83,98)(H,84,99)(H,85,97)(H,86,93)(H,87,92)(H,88,95)(H,89,94)(H,90,91)(H,100,101)/t55-,58-,59-,60-,61-/m0/s1. The van der Waals surface area contributed by atoms with Gasteiger partial charge in [0.1, 0.15) is 47.2 Å². The number of benzene rings is 6. The summed E-state index contributed by atoms with van der Waals surface area (Å²) < 4.78 is 22.1. The van der Waals surface area contributed by atoms with Crippen LogP contribution in [0.2, 0.25) is 0 Å². The molecule has 2 heterocycles. The van der Waals surface area contributed by atoms with E-state index in [2.05, 4.69) is 52.5 Å². The topological polar surface area (TPSA) is 480 Å². The molecule has 6 aromatic carbocycles. The minimum atomic E-state index is -1.38. The molecule has 8 aromatic rings. The summed E-state index contributed by atoms with van der Waals surface area (Å²) in [6.45, 7) is 0.106. The second-order valence-electron chi connectivity index (χ2n) is 24.8. The van der Waals surface area contributed by atoms with Crippen LogP contribution in [0.5, 0.6) is 23.0 Å². The highest BCUT2D eigenvalue weighted by molar-refractivity contribution is 6.08. The first-order chi connectivity index (χ1) is 50.6. The second kappa shape index (κ2) is 39.0. The molecule has 0 aliphatic heterocycles. The number of carboxylic acid groups (broad SMARTS) is 2. The van der Waals surface area contributed by atoms with Crippen LogP contribution >= 0.6 is 0 Å². The first-order valence-electron chi connectivity index (χ1n) is 34.3. The highest BCUT2D eigenvalue weighted by Gasteiger charge is 2.31.